The monoisotopic (exact) mass is 394 g/mol. The molecule has 4 heterocycles. The van der Waals surface area contributed by atoms with E-state index in [1.165, 1.54) is 0 Å². The van der Waals surface area contributed by atoms with Crippen molar-refractivity contribution >= 4 is 35.0 Å². The number of hydrogen-bond acceptors (Lipinski definition) is 5. The molecule has 0 spiro atoms. The molecule has 1 aromatic carbocycles. The second kappa shape index (κ2) is 6.61. The third-order valence-electron chi connectivity index (χ3n) is 5.83. The topological polar surface area (TPSA) is 99.6 Å². The van der Waals surface area contributed by atoms with Gasteiger partial charge in [0.15, 0.2) is 5.82 Å². The fraction of sp³-hybridized carbons (Fsp3) is 0.400. The first-order valence-corrected chi connectivity index (χ1v) is 9.83. The summed E-state index contributed by atoms with van der Waals surface area (Å²) in [5.41, 5.74) is 2.84. The van der Waals surface area contributed by atoms with Crippen molar-refractivity contribution in [3.05, 3.63) is 35.4 Å². The molecule has 9 nitrogen and oxygen atoms in total. The second-order valence-corrected chi connectivity index (χ2v) is 7.73. The molecule has 29 heavy (non-hydrogen) atoms. The van der Waals surface area contributed by atoms with Crippen LogP contribution >= 0.6 is 0 Å². The van der Waals surface area contributed by atoms with Crippen molar-refractivity contribution in [3.63, 3.8) is 0 Å². The highest BCUT2D eigenvalue weighted by atomic mass is 16.2. The zero-order valence-corrected chi connectivity index (χ0v) is 16.1. The van der Waals surface area contributed by atoms with Gasteiger partial charge in [-0.3, -0.25) is 14.4 Å². The number of hydrogen-bond donors (Lipinski definition) is 2. The summed E-state index contributed by atoms with van der Waals surface area (Å²) >= 11 is 0. The molecule has 0 radical (unpaired) electrons. The maximum Gasteiger partial charge on any atom is 0.253 e. The zero-order chi connectivity index (χ0) is 20.1. The minimum Gasteiger partial charge on any atom is -0.344 e. The molecule has 3 amide bonds. The van der Waals surface area contributed by atoms with E-state index in [0.717, 1.165) is 42.1 Å². The Bertz CT molecular complexity index is 1030. The number of carbonyl (C=O) groups excluding carboxylic acids is 3. The number of nitrogens with zero attached hydrogens (tertiary/aromatic N) is 4. The molecule has 1 fully saturated rings. The van der Waals surface area contributed by atoms with Gasteiger partial charge in [-0.05, 0) is 36.6 Å². The Balaban J connectivity index is 1.36. The van der Waals surface area contributed by atoms with Crippen LogP contribution in [0, 0.1) is 0 Å². The number of rotatable bonds is 3. The summed E-state index contributed by atoms with van der Waals surface area (Å²) < 4.78 is 1.86. The van der Waals surface area contributed by atoms with Gasteiger partial charge in [-0.1, -0.05) is 0 Å². The van der Waals surface area contributed by atoms with E-state index in [1.54, 1.807) is 4.90 Å². The van der Waals surface area contributed by atoms with E-state index in [1.807, 2.05) is 29.9 Å². The van der Waals surface area contributed by atoms with Crippen LogP contribution in [-0.4, -0.2) is 58.6 Å². The normalized spacial score (nSPS) is 20.5. The average molecular weight is 394 g/mol. The molecule has 0 bridgehead atoms. The number of anilines is 3. The van der Waals surface area contributed by atoms with Gasteiger partial charge in [0.2, 0.25) is 11.8 Å². The third-order valence-corrected chi connectivity index (χ3v) is 5.83. The van der Waals surface area contributed by atoms with Crippen molar-refractivity contribution in [1.82, 2.24) is 20.0 Å². The van der Waals surface area contributed by atoms with E-state index in [2.05, 4.69) is 26.7 Å². The van der Waals surface area contributed by atoms with E-state index in [-0.39, 0.29) is 17.7 Å². The number of fused-ring (bicyclic) bond motifs is 2. The molecule has 2 N–H and O–H groups in total. The van der Waals surface area contributed by atoms with E-state index >= 15 is 0 Å². The van der Waals surface area contributed by atoms with Gasteiger partial charge in [0.1, 0.15) is 11.9 Å². The molecular weight excluding hydrogens is 372 g/mol. The molecule has 9 heteroatoms. The van der Waals surface area contributed by atoms with Crippen molar-refractivity contribution in [2.75, 3.05) is 30.4 Å². The molecule has 2 aromatic rings. The molecule has 1 aromatic heterocycles. The number of nitrogens with one attached hydrogen (secondary N) is 2. The fourth-order valence-electron chi connectivity index (χ4n) is 4.20. The Hall–Kier alpha value is -3.36. The summed E-state index contributed by atoms with van der Waals surface area (Å²) in [4.78, 5) is 39.9. The smallest absolute Gasteiger partial charge is 0.253 e. The highest BCUT2D eigenvalue weighted by Gasteiger charge is 2.30. The average Bonchev–Trinajstić information content (AvgIpc) is 3.40. The van der Waals surface area contributed by atoms with Crippen molar-refractivity contribution in [2.24, 2.45) is 0 Å². The van der Waals surface area contributed by atoms with Gasteiger partial charge in [-0.2, -0.15) is 5.10 Å². The Labute approximate surface area is 167 Å². The van der Waals surface area contributed by atoms with E-state index < -0.39 is 6.04 Å². The molecule has 0 saturated carbocycles. The highest BCUT2D eigenvalue weighted by Crippen LogP contribution is 2.34. The maximum atomic E-state index is 12.3. The first kappa shape index (κ1) is 17.7. The quantitative estimate of drug-likeness (QED) is 0.805. The van der Waals surface area contributed by atoms with Gasteiger partial charge in [-0.15, -0.1) is 0 Å². The molecule has 150 valence electrons. The van der Waals surface area contributed by atoms with Gasteiger partial charge < -0.3 is 20.4 Å². The summed E-state index contributed by atoms with van der Waals surface area (Å²) in [5.74, 6) is 1.10. The highest BCUT2D eigenvalue weighted by molar-refractivity contribution is 5.99. The first-order valence-electron chi connectivity index (χ1n) is 9.83. The fourth-order valence-corrected chi connectivity index (χ4v) is 4.20. The van der Waals surface area contributed by atoms with Crippen molar-refractivity contribution in [2.45, 2.75) is 31.8 Å². The second-order valence-electron chi connectivity index (χ2n) is 7.73. The molecule has 0 unspecified atom stereocenters. The first-order chi connectivity index (χ1) is 14.0. The van der Waals surface area contributed by atoms with Crippen molar-refractivity contribution in [1.29, 1.82) is 0 Å². The lowest BCUT2D eigenvalue weighted by atomic mass is 9.98. The van der Waals surface area contributed by atoms with Crippen LogP contribution in [0.4, 0.5) is 17.3 Å². The van der Waals surface area contributed by atoms with Crippen LogP contribution in [0.1, 0.15) is 28.8 Å². The van der Waals surface area contributed by atoms with Crippen LogP contribution < -0.4 is 15.5 Å². The van der Waals surface area contributed by atoms with E-state index in [4.69, 9.17) is 0 Å². The summed E-state index contributed by atoms with van der Waals surface area (Å²) in [5, 5.41) is 9.95. The number of likely N-dealkylation sites (N-methyl/N-ethyl adjacent to an activating group) is 1. The standard InChI is InChI=1S/C20H22N6O3/c1-24-7-6-12-10-13(2-3-14(12)20(24)29)25-8-9-26-18(25)11-16(23-26)22-19(28)15-4-5-17(27)21-15/h2-3,10-11,15H,4-9H2,1H3,(H,21,27)(H,22,23,28)/t15-/m0/s1. The number of amides is 3. The SMILES string of the molecule is CN1CCc2cc(N3CCn4nc(NC(=O)[C@@H]5CCC(=O)N5)cc43)ccc2C1=O. The molecule has 3 aliphatic rings. The molecule has 3 aliphatic heterocycles. The summed E-state index contributed by atoms with van der Waals surface area (Å²) in [6.07, 6.45) is 1.72. The van der Waals surface area contributed by atoms with Gasteiger partial charge in [0.25, 0.3) is 5.91 Å². The molecule has 1 saturated heterocycles. The van der Waals surface area contributed by atoms with Crippen LogP contribution in [0.3, 0.4) is 0 Å². The number of benzene rings is 1. The lowest BCUT2D eigenvalue weighted by molar-refractivity contribution is -0.122. The Kier molecular flexibility index (Phi) is 4.04. The van der Waals surface area contributed by atoms with Gasteiger partial charge in [0, 0.05) is 43.9 Å². The van der Waals surface area contributed by atoms with E-state index in [9.17, 15) is 14.4 Å². The van der Waals surface area contributed by atoms with Crippen molar-refractivity contribution in [3.8, 4) is 0 Å². The summed E-state index contributed by atoms with van der Waals surface area (Å²) in [6.45, 7) is 2.22. The summed E-state index contributed by atoms with van der Waals surface area (Å²) in [6, 6.07) is 7.29. The Morgan fingerprint density at radius 1 is 1.17 bits per heavy atom. The predicted molar refractivity (Wildman–Crippen MR) is 106 cm³/mol. The van der Waals surface area contributed by atoms with Crippen molar-refractivity contribution < 1.29 is 14.4 Å². The number of carbonyl (C=O) groups is 3. The van der Waals surface area contributed by atoms with Crippen LogP contribution in [-0.2, 0) is 22.6 Å². The Morgan fingerprint density at radius 2 is 2.03 bits per heavy atom. The molecule has 0 aliphatic carbocycles. The molecular formula is C20H22N6O3. The largest absolute Gasteiger partial charge is 0.344 e. The minimum atomic E-state index is -0.494. The van der Waals surface area contributed by atoms with E-state index in [0.29, 0.717) is 25.2 Å². The lowest BCUT2D eigenvalue weighted by Gasteiger charge is -2.26. The van der Waals surface area contributed by atoms with Gasteiger partial charge >= 0.3 is 0 Å². The third kappa shape index (κ3) is 3.02. The minimum absolute atomic E-state index is 0.0632. The lowest BCUT2D eigenvalue weighted by Crippen LogP contribution is -2.37. The summed E-state index contributed by atoms with van der Waals surface area (Å²) in [7, 11) is 1.82. The maximum absolute atomic E-state index is 12.3. The van der Waals surface area contributed by atoms with Crippen LogP contribution in [0.2, 0.25) is 0 Å². The predicted octanol–water partition coefficient (Wildman–Crippen LogP) is 0.880. The molecule has 5 rings (SSSR count). The molecule has 1 atom stereocenters. The zero-order valence-electron chi connectivity index (χ0n) is 16.1. The van der Waals surface area contributed by atoms with Gasteiger partial charge in [0.05, 0.1) is 6.54 Å². The van der Waals surface area contributed by atoms with Crippen LogP contribution in [0.25, 0.3) is 0 Å². The van der Waals surface area contributed by atoms with Crippen LogP contribution in [0.15, 0.2) is 24.3 Å². The number of aromatic nitrogens is 2. The van der Waals surface area contributed by atoms with Gasteiger partial charge in [-0.25, -0.2) is 4.68 Å². The Morgan fingerprint density at radius 3 is 2.83 bits per heavy atom. The van der Waals surface area contributed by atoms with Crippen LogP contribution in [0.5, 0.6) is 0 Å².